The Balaban J connectivity index is 1.97. The van der Waals surface area contributed by atoms with Crippen molar-refractivity contribution in [3.8, 4) is 0 Å². The molecule has 0 unspecified atom stereocenters. The summed E-state index contributed by atoms with van der Waals surface area (Å²) in [6.07, 6.45) is -1.06. The van der Waals surface area contributed by atoms with Crippen LogP contribution in [0.25, 0.3) is 0 Å². The molecule has 0 saturated heterocycles. The van der Waals surface area contributed by atoms with E-state index in [2.05, 4.69) is 10.3 Å². The van der Waals surface area contributed by atoms with Crippen molar-refractivity contribution in [1.82, 2.24) is 10.3 Å². The third-order valence-corrected chi connectivity index (χ3v) is 4.88. The van der Waals surface area contributed by atoms with Crippen LogP contribution in [0.4, 0.5) is 0 Å². The molecule has 0 spiro atoms. The largest absolute Gasteiger partial charge is 0.453 e. The number of hydrogen-bond acceptors (Lipinski definition) is 5. The normalized spacial score (nSPS) is 11.7. The number of amides is 1. The molecule has 1 heterocycles. The Labute approximate surface area is 169 Å². The second-order valence-corrected chi connectivity index (χ2v) is 7.16. The fourth-order valence-electron chi connectivity index (χ4n) is 3.16. The summed E-state index contributed by atoms with van der Waals surface area (Å²) in [6, 6.07) is 5.25. The fourth-order valence-corrected chi connectivity index (χ4v) is 3.16. The van der Waals surface area contributed by atoms with Gasteiger partial charge in [-0.1, -0.05) is 6.07 Å². The molecule has 1 aromatic carbocycles. The summed E-state index contributed by atoms with van der Waals surface area (Å²) in [7, 11) is 0. The number of aromatic nitrogens is 1. The number of H-pyrrole nitrogens is 1. The van der Waals surface area contributed by atoms with E-state index in [1.165, 1.54) is 13.8 Å². The summed E-state index contributed by atoms with van der Waals surface area (Å²) >= 11 is 0. The molecule has 7 nitrogen and oxygen atoms in total. The van der Waals surface area contributed by atoms with E-state index in [9.17, 15) is 19.2 Å². The van der Waals surface area contributed by atoms with Crippen molar-refractivity contribution in [3.05, 3.63) is 57.4 Å². The van der Waals surface area contributed by atoms with Gasteiger partial charge in [0.05, 0.1) is 5.69 Å². The molecule has 1 aromatic heterocycles. The molecule has 7 heteroatoms. The monoisotopic (exact) mass is 398 g/mol. The molecule has 2 aromatic rings. The zero-order valence-corrected chi connectivity index (χ0v) is 17.6. The van der Waals surface area contributed by atoms with Gasteiger partial charge >= 0.3 is 5.97 Å². The second kappa shape index (κ2) is 8.86. The van der Waals surface area contributed by atoms with E-state index in [1.54, 1.807) is 26.0 Å². The minimum Gasteiger partial charge on any atom is -0.453 e. The number of nitrogens with one attached hydrogen (secondary N) is 2. The lowest BCUT2D eigenvalue weighted by Gasteiger charge is -2.13. The lowest BCUT2D eigenvalue weighted by Crippen LogP contribution is -2.34. The van der Waals surface area contributed by atoms with Gasteiger partial charge in [-0.25, -0.2) is 0 Å². The predicted octanol–water partition coefficient (Wildman–Crippen LogP) is 3.00. The van der Waals surface area contributed by atoms with E-state index in [0.29, 0.717) is 22.4 Å². The molecule has 0 aliphatic rings. The first kappa shape index (κ1) is 22.1. The van der Waals surface area contributed by atoms with Crippen molar-refractivity contribution in [3.63, 3.8) is 0 Å². The van der Waals surface area contributed by atoms with Crippen molar-refractivity contribution in [2.24, 2.45) is 0 Å². The number of ketones is 2. The zero-order valence-electron chi connectivity index (χ0n) is 17.6. The summed E-state index contributed by atoms with van der Waals surface area (Å²) in [5.41, 5.74) is 4.32. The van der Waals surface area contributed by atoms with Crippen LogP contribution in [0, 0.1) is 27.7 Å². The van der Waals surface area contributed by atoms with Gasteiger partial charge in [0.15, 0.2) is 11.9 Å². The first-order valence-corrected chi connectivity index (χ1v) is 9.32. The second-order valence-electron chi connectivity index (χ2n) is 7.16. The summed E-state index contributed by atoms with van der Waals surface area (Å²) in [6.45, 7) is 9.75. The Morgan fingerprint density at radius 2 is 1.72 bits per heavy atom. The summed E-state index contributed by atoms with van der Waals surface area (Å²) in [5.74, 6) is -1.71. The van der Waals surface area contributed by atoms with Crippen LogP contribution >= 0.6 is 0 Å². The number of aryl methyl sites for hydroxylation is 3. The van der Waals surface area contributed by atoms with Crippen molar-refractivity contribution >= 4 is 23.4 Å². The molecule has 1 amide bonds. The molecule has 0 radical (unpaired) electrons. The van der Waals surface area contributed by atoms with Gasteiger partial charge in [-0.15, -0.1) is 0 Å². The van der Waals surface area contributed by atoms with Crippen molar-refractivity contribution in [2.75, 3.05) is 6.54 Å². The first-order chi connectivity index (χ1) is 13.5. The molecule has 0 fully saturated rings. The van der Waals surface area contributed by atoms with Gasteiger partial charge in [0.2, 0.25) is 5.78 Å². The maximum Gasteiger partial charge on any atom is 0.326 e. The maximum atomic E-state index is 12.6. The Hall–Kier alpha value is -3.22. The molecule has 1 atom stereocenters. The molecule has 2 N–H and O–H groups in total. The van der Waals surface area contributed by atoms with Crippen molar-refractivity contribution < 1.29 is 23.9 Å². The number of Topliss-reactive ketones (excluding diaryl/α,β-unsaturated/α-hetero) is 2. The Morgan fingerprint density at radius 1 is 1.07 bits per heavy atom. The van der Waals surface area contributed by atoms with Gasteiger partial charge in [0.1, 0.15) is 6.54 Å². The van der Waals surface area contributed by atoms with Crippen molar-refractivity contribution in [2.45, 2.75) is 47.6 Å². The van der Waals surface area contributed by atoms with Gasteiger partial charge in [0, 0.05) is 16.8 Å². The standard InChI is InChI=1S/C22H26N2O5/c1-11-7-8-17(9-12(11)2)22(28)23-10-18(26)29-16(6)21(27)20-13(3)19(15(5)25)14(4)24-20/h7-9,16,24H,10H2,1-6H3,(H,23,28)/t16-/m1/s1. The number of carbonyl (C=O) groups is 4. The molecular weight excluding hydrogens is 372 g/mol. The van der Waals surface area contributed by atoms with Crippen LogP contribution in [0.3, 0.4) is 0 Å². The molecule has 29 heavy (non-hydrogen) atoms. The first-order valence-electron chi connectivity index (χ1n) is 9.32. The third kappa shape index (κ3) is 4.99. The Bertz CT molecular complexity index is 987. The number of carbonyl (C=O) groups excluding carboxylic acids is 4. The van der Waals surface area contributed by atoms with E-state index in [1.807, 2.05) is 19.9 Å². The zero-order chi connectivity index (χ0) is 21.9. The van der Waals surface area contributed by atoms with Crippen LogP contribution in [0.5, 0.6) is 0 Å². The number of hydrogen-bond donors (Lipinski definition) is 2. The van der Waals surface area contributed by atoms with Crippen LogP contribution in [-0.2, 0) is 9.53 Å². The predicted molar refractivity (Wildman–Crippen MR) is 108 cm³/mol. The van der Waals surface area contributed by atoms with Crippen LogP contribution < -0.4 is 5.32 Å². The van der Waals surface area contributed by atoms with Crippen molar-refractivity contribution in [1.29, 1.82) is 0 Å². The average molecular weight is 398 g/mol. The summed E-state index contributed by atoms with van der Waals surface area (Å²) in [5, 5.41) is 2.49. The van der Waals surface area contributed by atoms with Gasteiger partial charge in [-0.3, -0.25) is 19.2 Å². The van der Waals surface area contributed by atoms with Gasteiger partial charge in [-0.05, 0) is 70.4 Å². The van der Waals surface area contributed by atoms with E-state index in [4.69, 9.17) is 4.74 Å². The summed E-state index contributed by atoms with van der Waals surface area (Å²) < 4.78 is 5.15. The van der Waals surface area contributed by atoms with Crippen LogP contribution in [0.15, 0.2) is 18.2 Å². The quantitative estimate of drug-likeness (QED) is 0.551. The highest BCUT2D eigenvalue weighted by Crippen LogP contribution is 2.20. The number of benzene rings is 1. The SMILES string of the molecule is CC(=O)c1c(C)[nH]c(C(=O)[C@@H](C)OC(=O)CNC(=O)c2ccc(C)c(C)c2)c1C. The van der Waals surface area contributed by atoms with E-state index < -0.39 is 23.8 Å². The third-order valence-electron chi connectivity index (χ3n) is 4.88. The molecule has 154 valence electrons. The number of rotatable bonds is 7. The van der Waals surface area contributed by atoms with E-state index in [0.717, 1.165) is 11.1 Å². The molecule has 0 aliphatic carbocycles. The molecule has 0 bridgehead atoms. The van der Waals surface area contributed by atoms with Gasteiger partial charge in [-0.2, -0.15) is 0 Å². The molecule has 0 aliphatic heterocycles. The maximum absolute atomic E-state index is 12.6. The highest BCUT2D eigenvalue weighted by Gasteiger charge is 2.26. The number of aromatic amines is 1. The highest BCUT2D eigenvalue weighted by molar-refractivity contribution is 6.05. The number of ether oxygens (including phenoxy) is 1. The van der Waals surface area contributed by atoms with Crippen LogP contribution in [0.1, 0.15) is 67.4 Å². The van der Waals surface area contributed by atoms with Gasteiger partial charge < -0.3 is 15.0 Å². The van der Waals surface area contributed by atoms with E-state index >= 15 is 0 Å². The Morgan fingerprint density at radius 3 is 2.28 bits per heavy atom. The number of esters is 1. The average Bonchev–Trinajstić information content (AvgIpc) is 2.95. The highest BCUT2D eigenvalue weighted by atomic mass is 16.5. The molecular formula is C22H26N2O5. The minimum atomic E-state index is -1.06. The molecule has 0 saturated carbocycles. The fraction of sp³-hybridized carbons (Fsp3) is 0.364. The topological polar surface area (TPSA) is 105 Å². The summed E-state index contributed by atoms with van der Waals surface area (Å²) in [4.78, 5) is 51.5. The minimum absolute atomic E-state index is 0.144. The smallest absolute Gasteiger partial charge is 0.326 e. The van der Waals surface area contributed by atoms with E-state index in [-0.39, 0.29) is 18.0 Å². The lowest BCUT2D eigenvalue weighted by atomic mass is 10.0. The van der Waals surface area contributed by atoms with Gasteiger partial charge in [0.25, 0.3) is 5.91 Å². The van der Waals surface area contributed by atoms with Crippen LogP contribution in [-0.4, -0.2) is 41.1 Å². The Kier molecular flexibility index (Phi) is 6.74. The van der Waals surface area contributed by atoms with Crippen LogP contribution in [0.2, 0.25) is 0 Å². The molecule has 2 rings (SSSR count). The lowest BCUT2D eigenvalue weighted by molar-refractivity contribution is -0.145.